The fourth-order valence-corrected chi connectivity index (χ4v) is 2.53. The SMILES string of the molecule is Cc1cc(-c2c(C(=O)O)c(N)[nH]c(=O)c2C(=O)O)cc(C)c1Cl. The van der Waals surface area contributed by atoms with Crippen LogP contribution < -0.4 is 11.3 Å². The van der Waals surface area contributed by atoms with Gasteiger partial charge in [0.05, 0.1) is 0 Å². The van der Waals surface area contributed by atoms with Crippen molar-refractivity contribution in [1.82, 2.24) is 4.98 Å². The van der Waals surface area contributed by atoms with Gasteiger partial charge in [0.1, 0.15) is 16.9 Å². The van der Waals surface area contributed by atoms with E-state index in [9.17, 15) is 24.6 Å². The predicted molar refractivity (Wildman–Crippen MR) is 85.3 cm³/mol. The second-order valence-corrected chi connectivity index (χ2v) is 5.41. The van der Waals surface area contributed by atoms with Gasteiger partial charge < -0.3 is 20.9 Å². The maximum atomic E-state index is 12.0. The van der Waals surface area contributed by atoms with Gasteiger partial charge in [-0.2, -0.15) is 0 Å². The molecular weight excluding hydrogens is 324 g/mol. The lowest BCUT2D eigenvalue weighted by molar-refractivity contribution is 0.0695. The van der Waals surface area contributed by atoms with E-state index in [-0.39, 0.29) is 11.1 Å². The number of aromatic carboxylic acids is 2. The van der Waals surface area contributed by atoms with Gasteiger partial charge in [-0.25, -0.2) is 9.59 Å². The summed E-state index contributed by atoms with van der Waals surface area (Å²) in [6.07, 6.45) is 0. The summed E-state index contributed by atoms with van der Waals surface area (Å²) >= 11 is 6.08. The fourth-order valence-electron chi connectivity index (χ4n) is 2.43. The molecule has 0 aliphatic carbocycles. The minimum absolute atomic E-state index is 0.242. The van der Waals surface area contributed by atoms with Crippen LogP contribution >= 0.6 is 11.6 Å². The fraction of sp³-hybridized carbons (Fsp3) is 0.133. The van der Waals surface area contributed by atoms with E-state index in [0.717, 1.165) is 0 Å². The Kier molecular flexibility index (Phi) is 4.16. The summed E-state index contributed by atoms with van der Waals surface area (Å²) in [6.45, 7) is 3.38. The minimum atomic E-state index is -1.55. The number of pyridine rings is 1. The van der Waals surface area contributed by atoms with Crippen molar-refractivity contribution >= 4 is 29.4 Å². The molecule has 0 bridgehead atoms. The van der Waals surface area contributed by atoms with E-state index in [2.05, 4.69) is 4.98 Å². The van der Waals surface area contributed by atoms with Crippen molar-refractivity contribution in [2.24, 2.45) is 0 Å². The minimum Gasteiger partial charge on any atom is -0.478 e. The number of rotatable bonds is 3. The number of aryl methyl sites for hydroxylation is 2. The van der Waals surface area contributed by atoms with Crippen molar-refractivity contribution in [3.8, 4) is 11.1 Å². The Morgan fingerprint density at radius 3 is 2.00 bits per heavy atom. The van der Waals surface area contributed by atoms with Crippen LogP contribution in [0.5, 0.6) is 0 Å². The number of H-pyrrole nitrogens is 1. The van der Waals surface area contributed by atoms with Crippen molar-refractivity contribution in [3.05, 3.63) is 49.8 Å². The van der Waals surface area contributed by atoms with Crippen molar-refractivity contribution in [3.63, 3.8) is 0 Å². The van der Waals surface area contributed by atoms with E-state index in [1.165, 1.54) is 12.1 Å². The monoisotopic (exact) mass is 336 g/mol. The first-order chi connectivity index (χ1) is 10.6. The lowest BCUT2D eigenvalue weighted by Gasteiger charge is -2.14. The average molecular weight is 337 g/mol. The number of nitrogens with two attached hydrogens (primary N) is 1. The molecule has 0 aliphatic heterocycles. The van der Waals surface area contributed by atoms with Crippen LogP contribution in [0.1, 0.15) is 31.8 Å². The zero-order valence-electron chi connectivity index (χ0n) is 12.2. The summed E-state index contributed by atoms with van der Waals surface area (Å²) in [4.78, 5) is 37.0. The molecule has 0 amide bonds. The zero-order chi connectivity index (χ0) is 17.5. The van der Waals surface area contributed by atoms with Crippen molar-refractivity contribution in [2.45, 2.75) is 13.8 Å². The van der Waals surface area contributed by atoms with Crippen LogP contribution in [0.25, 0.3) is 11.1 Å². The van der Waals surface area contributed by atoms with Gasteiger partial charge in [0.25, 0.3) is 5.56 Å². The van der Waals surface area contributed by atoms with E-state index in [1.54, 1.807) is 13.8 Å². The van der Waals surface area contributed by atoms with Gasteiger partial charge in [-0.15, -0.1) is 0 Å². The van der Waals surface area contributed by atoms with Crippen LogP contribution in [-0.2, 0) is 0 Å². The second kappa shape index (κ2) is 5.77. The number of carboxylic acids is 2. The summed E-state index contributed by atoms with van der Waals surface area (Å²) in [5.41, 5.74) is 4.70. The molecule has 0 spiro atoms. The van der Waals surface area contributed by atoms with E-state index in [1.807, 2.05) is 0 Å². The zero-order valence-corrected chi connectivity index (χ0v) is 13.0. The molecule has 1 aromatic carbocycles. The molecule has 2 aromatic rings. The number of benzene rings is 1. The molecule has 0 fully saturated rings. The third-order valence-electron chi connectivity index (χ3n) is 3.40. The standard InChI is InChI=1S/C15H13ClN2O5/c1-5-3-7(4-6(2)11(5)16)8-9(14(20)21)12(17)18-13(19)10(8)15(22)23/h3-4H,1-2H3,(H,20,21)(H,22,23)(H3,17,18,19). The Bertz CT molecular complexity index is 878. The summed E-state index contributed by atoms with van der Waals surface area (Å²) < 4.78 is 0. The number of anilines is 1. The van der Waals surface area contributed by atoms with Gasteiger partial charge in [-0.05, 0) is 42.7 Å². The lowest BCUT2D eigenvalue weighted by Crippen LogP contribution is -2.24. The van der Waals surface area contributed by atoms with Crippen LogP contribution in [0.15, 0.2) is 16.9 Å². The normalized spacial score (nSPS) is 10.6. The number of hydrogen-bond donors (Lipinski definition) is 4. The van der Waals surface area contributed by atoms with Crippen LogP contribution in [0.2, 0.25) is 5.02 Å². The molecular formula is C15H13ClN2O5. The molecule has 0 radical (unpaired) electrons. The van der Waals surface area contributed by atoms with Gasteiger partial charge in [-0.3, -0.25) is 4.79 Å². The van der Waals surface area contributed by atoms with Gasteiger partial charge in [0.2, 0.25) is 0 Å². The average Bonchev–Trinajstić information content (AvgIpc) is 2.42. The Morgan fingerprint density at radius 1 is 1.09 bits per heavy atom. The van der Waals surface area contributed by atoms with Crippen LogP contribution in [-0.4, -0.2) is 27.1 Å². The molecule has 0 unspecified atom stereocenters. The number of nitrogen functional groups attached to an aromatic ring is 1. The highest BCUT2D eigenvalue weighted by Gasteiger charge is 2.27. The number of carbonyl (C=O) groups is 2. The molecule has 0 aliphatic rings. The molecule has 120 valence electrons. The van der Waals surface area contributed by atoms with E-state index in [4.69, 9.17) is 17.3 Å². The third-order valence-corrected chi connectivity index (χ3v) is 3.99. The first-order valence-electron chi connectivity index (χ1n) is 6.44. The van der Waals surface area contributed by atoms with Crippen LogP contribution in [0.3, 0.4) is 0 Å². The molecule has 0 atom stereocenters. The summed E-state index contributed by atoms with van der Waals surface area (Å²) in [7, 11) is 0. The molecule has 7 nitrogen and oxygen atoms in total. The third kappa shape index (κ3) is 2.78. The highest BCUT2D eigenvalue weighted by atomic mass is 35.5. The van der Waals surface area contributed by atoms with Gasteiger partial charge in [0.15, 0.2) is 0 Å². The highest BCUT2D eigenvalue weighted by Crippen LogP contribution is 2.33. The summed E-state index contributed by atoms with van der Waals surface area (Å²) in [5.74, 6) is -3.40. The van der Waals surface area contributed by atoms with Crippen LogP contribution in [0, 0.1) is 13.8 Å². The largest absolute Gasteiger partial charge is 0.478 e. The molecule has 1 aromatic heterocycles. The van der Waals surface area contributed by atoms with Crippen molar-refractivity contribution in [1.29, 1.82) is 0 Å². The number of carboxylic acid groups (broad SMARTS) is 2. The molecule has 2 rings (SSSR count). The summed E-state index contributed by atoms with van der Waals surface area (Å²) in [5, 5.41) is 19.2. The summed E-state index contributed by atoms with van der Waals surface area (Å²) in [6, 6.07) is 3.03. The maximum Gasteiger partial charge on any atom is 0.342 e. The first-order valence-corrected chi connectivity index (χ1v) is 6.82. The molecule has 0 saturated carbocycles. The van der Waals surface area contributed by atoms with Gasteiger partial charge in [0, 0.05) is 10.6 Å². The van der Waals surface area contributed by atoms with Crippen molar-refractivity contribution in [2.75, 3.05) is 5.73 Å². The molecule has 5 N–H and O–H groups in total. The predicted octanol–water partition coefficient (Wildman–Crippen LogP) is 2.29. The first kappa shape index (κ1) is 16.6. The Morgan fingerprint density at radius 2 is 1.57 bits per heavy atom. The van der Waals surface area contributed by atoms with Gasteiger partial charge >= 0.3 is 11.9 Å². The Balaban J connectivity index is 3.03. The van der Waals surface area contributed by atoms with E-state index >= 15 is 0 Å². The number of nitrogens with one attached hydrogen (secondary N) is 1. The highest BCUT2D eigenvalue weighted by molar-refractivity contribution is 6.32. The Hall–Kier alpha value is -2.80. The smallest absolute Gasteiger partial charge is 0.342 e. The van der Waals surface area contributed by atoms with E-state index in [0.29, 0.717) is 16.1 Å². The van der Waals surface area contributed by atoms with Crippen molar-refractivity contribution < 1.29 is 19.8 Å². The molecule has 1 heterocycles. The lowest BCUT2D eigenvalue weighted by atomic mass is 9.93. The molecule has 0 saturated heterocycles. The molecule has 8 heteroatoms. The second-order valence-electron chi connectivity index (χ2n) is 5.03. The quantitative estimate of drug-likeness (QED) is 0.679. The number of aromatic nitrogens is 1. The molecule has 23 heavy (non-hydrogen) atoms. The number of aromatic amines is 1. The topological polar surface area (TPSA) is 133 Å². The van der Waals surface area contributed by atoms with Gasteiger partial charge in [-0.1, -0.05) is 11.6 Å². The number of halogens is 1. The Labute approximate surface area is 135 Å². The number of hydrogen-bond acceptors (Lipinski definition) is 4. The van der Waals surface area contributed by atoms with E-state index < -0.39 is 34.4 Å². The van der Waals surface area contributed by atoms with Crippen LogP contribution in [0.4, 0.5) is 5.82 Å². The maximum absolute atomic E-state index is 12.0.